The van der Waals surface area contributed by atoms with E-state index in [1.54, 1.807) is 30.3 Å². The molecular weight excluding hydrogens is 227 g/mol. The molecule has 0 amide bonds. The number of halogens is 2. The lowest BCUT2D eigenvalue weighted by molar-refractivity contribution is 0.135. The standard InChI is InChI=1S/C9H6Cl2O3/c10-8(11)6-13-9(12)14-7-4-2-1-3-5-7/h1-6H. The summed E-state index contributed by atoms with van der Waals surface area (Å²) in [5.41, 5.74) is 0. The molecule has 0 aliphatic carbocycles. The third kappa shape index (κ3) is 4.16. The van der Waals surface area contributed by atoms with Crippen molar-refractivity contribution < 1.29 is 14.3 Å². The van der Waals surface area contributed by atoms with Gasteiger partial charge in [0.15, 0.2) is 0 Å². The van der Waals surface area contributed by atoms with Crippen molar-refractivity contribution in [3.63, 3.8) is 0 Å². The van der Waals surface area contributed by atoms with Gasteiger partial charge in [-0.05, 0) is 12.1 Å². The average molecular weight is 233 g/mol. The lowest BCUT2D eigenvalue weighted by Crippen LogP contribution is -2.06. The third-order valence-electron chi connectivity index (χ3n) is 1.19. The van der Waals surface area contributed by atoms with Crippen LogP contribution in [0.2, 0.25) is 0 Å². The van der Waals surface area contributed by atoms with E-state index >= 15 is 0 Å². The first-order valence-electron chi connectivity index (χ1n) is 3.63. The summed E-state index contributed by atoms with van der Waals surface area (Å²) in [5, 5.41) is 0. The summed E-state index contributed by atoms with van der Waals surface area (Å²) < 4.78 is 9.00. The molecule has 0 heterocycles. The number of rotatable bonds is 2. The van der Waals surface area contributed by atoms with Crippen LogP contribution in [0.25, 0.3) is 0 Å². The fourth-order valence-corrected chi connectivity index (χ4v) is 0.791. The van der Waals surface area contributed by atoms with Gasteiger partial charge >= 0.3 is 6.16 Å². The Morgan fingerprint density at radius 3 is 2.43 bits per heavy atom. The van der Waals surface area contributed by atoms with E-state index in [1.807, 2.05) is 0 Å². The highest BCUT2D eigenvalue weighted by atomic mass is 35.5. The number of para-hydroxylation sites is 1. The van der Waals surface area contributed by atoms with Crippen LogP contribution in [-0.4, -0.2) is 6.16 Å². The molecule has 0 N–H and O–H groups in total. The van der Waals surface area contributed by atoms with Gasteiger partial charge in [0.25, 0.3) is 0 Å². The number of benzene rings is 1. The van der Waals surface area contributed by atoms with E-state index in [0.29, 0.717) is 5.75 Å². The molecule has 1 aromatic rings. The van der Waals surface area contributed by atoms with Gasteiger partial charge in [-0.1, -0.05) is 41.4 Å². The Bertz CT molecular complexity index is 331. The Morgan fingerprint density at radius 1 is 1.21 bits per heavy atom. The molecule has 0 saturated carbocycles. The predicted molar refractivity (Wildman–Crippen MR) is 53.3 cm³/mol. The largest absolute Gasteiger partial charge is 0.518 e. The molecular formula is C9H6Cl2O3. The van der Waals surface area contributed by atoms with Gasteiger partial charge in [0.05, 0.1) is 0 Å². The molecule has 74 valence electrons. The number of carbonyl (C=O) groups excluding carboxylic acids is 1. The second-order valence-electron chi connectivity index (χ2n) is 2.19. The van der Waals surface area contributed by atoms with Gasteiger partial charge in [-0.25, -0.2) is 4.79 Å². The van der Waals surface area contributed by atoms with Crippen LogP contribution in [0.1, 0.15) is 0 Å². The molecule has 0 aliphatic rings. The van der Waals surface area contributed by atoms with Gasteiger partial charge in [-0.15, -0.1) is 0 Å². The highest BCUT2D eigenvalue weighted by Crippen LogP contribution is 2.10. The smallest absolute Gasteiger partial charge is 0.400 e. The molecule has 0 bridgehead atoms. The van der Waals surface area contributed by atoms with Crippen molar-refractivity contribution >= 4 is 29.4 Å². The van der Waals surface area contributed by atoms with E-state index in [1.165, 1.54) is 0 Å². The molecule has 0 aliphatic heterocycles. The maximum absolute atomic E-state index is 10.9. The van der Waals surface area contributed by atoms with Crippen molar-refractivity contribution in [2.24, 2.45) is 0 Å². The van der Waals surface area contributed by atoms with Gasteiger partial charge in [-0.3, -0.25) is 0 Å². The fraction of sp³-hybridized carbons (Fsp3) is 0. The zero-order valence-electron chi connectivity index (χ0n) is 6.94. The van der Waals surface area contributed by atoms with E-state index in [2.05, 4.69) is 4.74 Å². The second-order valence-corrected chi connectivity index (χ2v) is 3.20. The summed E-state index contributed by atoms with van der Waals surface area (Å²) in [6, 6.07) is 8.49. The fourth-order valence-electron chi connectivity index (χ4n) is 0.701. The Kier molecular flexibility index (Phi) is 4.29. The van der Waals surface area contributed by atoms with Crippen LogP contribution < -0.4 is 4.74 Å². The molecule has 0 atom stereocenters. The maximum atomic E-state index is 10.9. The number of hydrogen-bond donors (Lipinski definition) is 0. The lowest BCUT2D eigenvalue weighted by Gasteiger charge is -2.00. The van der Waals surface area contributed by atoms with Crippen LogP contribution >= 0.6 is 23.2 Å². The van der Waals surface area contributed by atoms with Crippen molar-refractivity contribution in [1.82, 2.24) is 0 Å². The van der Waals surface area contributed by atoms with Gasteiger partial charge in [0.2, 0.25) is 0 Å². The van der Waals surface area contributed by atoms with E-state index in [0.717, 1.165) is 6.26 Å². The lowest BCUT2D eigenvalue weighted by atomic mass is 10.3. The van der Waals surface area contributed by atoms with E-state index in [9.17, 15) is 4.79 Å². The molecule has 3 nitrogen and oxygen atoms in total. The molecule has 0 saturated heterocycles. The van der Waals surface area contributed by atoms with Crippen LogP contribution in [0, 0.1) is 0 Å². The van der Waals surface area contributed by atoms with Crippen molar-refractivity contribution in [2.45, 2.75) is 0 Å². The quantitative estimate of drug-likeness (QED) is 0.445. The van der Waals surface area contributed by atoms with Crippen LogP contribution in [0.3, 0.4) is 0 Å². The van der Waals surface area contributed by atoms with Gasteiger partial charge in [0, 0.05) is 0 Å². The topological polar surface area (TPSA) is 35.5 Å². The summed E-state index contributed by atoms with van der Waals surface area (Å²) in [5.74, 6) is 0.386. The average Bonchev–Trinajstić information content (AvgIpc) is 2.16. The van der Waals surface area contributed by atoms with Crippen LogP contribution in [0.5, 0.6) is 5.75 Å². The molecule has 0 spiro atoms. The van der Waals surface area contributed by atoms with Crippen LogP contribution in [0.15, 0.2) is 41.1 Å². The normalized spacial score (nSPS) is 9.00. The Balaban J connectivity index is 2.46. The molecule has 1 aromatic carbocycles. The first kappa shape index (κ1) is 10.9. The molecule has 1 rings (SSSR count). The molecule has 0 aromatic heterocycles. The molecule has 0 unspecified atom stereocenters. The summed E-state index contributed by atoms with van der Waals surface area (Å²) in [7, 11) is 0. The van der Waals surface area contributed by atoms with Gasteiger partial charge < -0.3 is 9.47 Å². The number of ether oxygens (including phenoxy) is 2. The van der Waals surface area contributed by atoms with E-state index in [-0.39, 0.29) is 4.49 Å². The van der Waals surface area contributed by atoms with Crippen molar-refractivity contribution in [3.8, 4) is 5.75 Å². The minimum absolute atomic E-state index is 0.157. The highest BCUT2D eigenvalue weighted by molar-refractivity contribution is 6.55. The first-order chi connectivity index (χ1) is 6.68. The maximum Gasteiger partial charge on any atom is 0.518 e. The monoisotopic (exact) mass is 232 g/mol. The second kappa shape index (κ2) is 5.52. The summed E-state index contributed by atoms with van der Waals surface area (Å²) in [4.78, 5) is 10.9. The minimum atomic E-state index is -0.894. The predicted octanol–water partition coefficient (Wildman–Crippen LogP) is 3.48. The van der Waals surface area contributed by atoms with Crippen molar-refractivity contribution in [1.29, 1.82) is 0 Å². The zero-order valence-corrected chi connectivity index (χ0v) is 8.46. The molecule has 5 heteroatoms. The first-order valence-corrected chi connectivity index (χ1v) is 4.39. The van der Waals surface area contributed by atoms with Crippen molar-refractivity contribution in [2.75, 3.05) is 0 Å². The van der Waals surface area contributed by atoms with Gasteiger partial charge in [0.1, 0.15) is 16.5 Å². The third-order valence-corrected chi connectivity index (χ3v) is 1.37. The zero-order chi connectivity index (χ0) is 10.4. The summed E-state index contributed by atoms with van der Waals surface area (Å²) >= 11 is 10.4. The summed E-state index contributed by atoms with van der Waals surface area (Å²) in [6.45, 7) is 0. The Labute approximate surface area is 90.8 Å². The SMILES string of the molecule is O=C(OC=C(Cl)Cl)Oc1ccccc1. The summed E-state index contributed by atoms with van der Waals surface area (Å²) in [6.07, 6.45) is -0.0102. The highest BCUT2D eigenvalue weighted by Gasteiger charge is 2.03. The number of hydrogen-bond acceptors (Lipinski definition) is 3. The molecule has 14 heavy (non-hydrogen) atoms. The Hall–Kier alpha value is -1.19. The Morgan fingerprint density at radius 2 is 1.86 bits per heavy atom. The minimum Gasteiger partial charge on any atom is -0.400 e. The molecule has 0 radical (unpaired) electrons. The van der Waals surface area contributed by atoms with Crippen LogP contribution in [-0.2, 0) is 4.74 Å². The van der Waals surface area contributed by atoms with Gasteiger partial charge in [-0.2, -0.15) is 0 Å². The van der Waals surface area contributed by atoms with E-state index in [4.69, 9.17) is 27.9 Å². The van der Waals surface area contributed by atoms with E-state index < -0.39 is 6.16 Å². The van der Waals surface area contributed by atoms with Crippen LogP contribution in [0.4, 0.5) is 4.79 Å². The number of carbonyl (C=O) groups is 1. The van der Waals surface area contributed by atoms with Crippen molar-refractivity contribution in [3.05, 3.63) is 41.1 Å². The molecule has 0 fully saturated rings.